The molecule has 0 radical (unpaired) electrons. The molecule has 16 heavy (non-hydrogen) atoms. The molecule has 6 N–H and O–H groups in total. The smallest absolute Gasteiger partial charge is 0.196 e. The number of hydrogen-bond donors (Lipinski definition) is 2. The molecule has 0 heterocycles. The van der Waals surface area contributed by atoms with Gasteiger partial charge in [0.25, 0.3) is 0 Å². The van der Waals surface area contributed by atoms with Crippen molar-refractivity contribution in [2.45, 2.75) is 58.2 Å². The zero-order chi connectivity index (χ0) is 11.2. The minimum absolute atomic E-state index is 0. The van der Waals surface area contributed by atoms with Crippen LogP contribution in [0.3, 0.4) is 0 Å². The third-order valence-corrected chi connectivity index (χ3v) is 8.32. The van der Waals surface area contributed by atoms with Crippen LogP contribution in [-0.2, 0) is 21.7 Å². The van der Waals surface area contributed by atoms with Crippen molar-refractivity contribution in [1.29, 1.82) is 0 Å². The van der Waals surface area contributed by atoms with E-state index in [1.807, 2.05) is 0 Å². The summed E-state index contributed by atoms with van der Waals surface area (Å²) in [5, 5.41) is 7.00. The van der Waals surface area contributed by atoms with Crippen LogP contribution >= 0.6 is 0 Å². The van der Waals surface area contributed by atoms with Gasteiger partial charge in [0.15, 0.2) is 8.32 Å². The van der Waals surface area contributed by atoms with Gasteiger partial charge in [-0.05, 0) is 16.6 Å². The molecular weight excluding hydrogens is 260 g/mol. The Hall–Kier alpha value is 0.771. The molecule has 6 heteroatoms. The number of aliphatic hydroxyl groups excluding tert-OH is 1. The van der Waals surface area contributed by atoms with E-state index >= 15 is 0 Å². The van der Waals surface area contributed by atoms with E-state index in [1.54, 1.807) is 0 Å². The van der Waals surface area contributed by atoms with Crippen molar-refractivity contribution in [3.05, 3.63) is 0 Å². The first-order valence-electron chi connectivity index (χ1n) is 5.00. The van der Waals surface area contributed by atoms with Crippen molar-refractivity contribution in [2.24, 2.45) is 0 Å². The van der Waals surface area contributed by atoms with E-state index in [0.717, 1.165) is 7.11 Å². The van der Waals surface area contributed by atoms with Crippen molar-refractivity contribution < 1.29 is 42.6 Å². The van der Waals surface area contributed by atoms with Gasteiger partial charge in [0, 0.05) is 28.8 Å². The van der Waals surface area contributed by atoms with Crippen molar-refractivity contribution >= 4 is 8.32 Å². The Morgan fingerprint density at radius 3 is 0.812 bits per heavy atom. The van der Waals surface area contributed by atoms with Crippen LogP contribution in [0.25, 0.3) is 0 Å². The quantitative estimate of drug-likeness (QED) is 0.760. The van der Waals surface area contributed by atoms with Crippen LogP contribution in [0.4, 0.5) is 0 Å². The van der Waals surface area contributed by atoms with Crippen molar-refractivity contribution in [2.75, 3.05) is 7.11 Å². The average Bonchev–Trinajstić information content (AvgIpc) is 2.05. The minimum Gasteiger partial charge on any atom is -0.431 e. The van der Waals surface area contributed by atoms with Crippen molar-refractivity contribution in [1.82, 2.24) is 0 Å². The number of hydrogen-bond acceptors (Lipinski definition) is 2. The average molecular weight is 290 g/mol. The zero-order valence-electron chi connectivity index (χ0n) is 11.6. The summed E-state index contributed by atoms with van der Waals surface area (Å²) in [5.74, 6) is 0. The Kier molecular flexibility index (Phi) is 26.0. The first-order chi connectivity index (χ1) is 5.83. The second-order valence-electron chi connectivity index (χ2n) is 4.35. The summed E-state index contributed by atoms with van der Waals surface area (Å²) < 4.78 is 0. The van der Waals surface area contributed by atoms with Gasteiger partial charge in [-0.15, -0.1) is 0 Å². The van der Waals surface area contributed by atoms with E-state index in [-0.39, 0.29) is 32.7 Å². The van der Waals surface area contributed by atoms with Gasteiger partial charge >= 0.3 is 0 Å². The molecule has 0 fully saturated rings. The maximum absolute atomic E-state index is 10.4. The largest absolute Gasteiger partial charge is 0.431 e. The minimum atomic E-state index is -1.98. The Balaban J connectivity index is -0.0000000760. The third-order valence-electron chi connectivity index (χ3n) is 2.77. The zero-order valence-corrected chi connectivity index (χ0v) is 14.2. The summed E-state index contributed by atoms with van der Waals surface area (Å²) in [6.07, 6.45) is 0. The van der Waals surface area contributed by atoms with Crippen LogP contribution in [0.15, 0.2) is 0 Å². The molecule has 0 aromatic carbocycles. The first-order valence-corrected chi connectivity index (χ1v) is 7.18. The van der Waals surface area contributed by atoms with Crippen LogP contribution in [0.2, 0.25) is 16.6 Å². The number of aliphatic hydroxyl groups is 1. The molecule has 0 aliphatic rings. The van der Waals surface area contributed by atoms with Crippen LogP contribution in [0.5, 0.6) is 0 Å². The fourth-order valence-electron chi connectivity index (χ4n) is 2.00. The molecule has 0 aliphatic carbocycles. The van der Waals surface area contributed by atoms with Gasteiger partial charge in [0.1, 0.15) is 0 Å². The molecule has 0 unspecified atom stereocenters. The molecule has 0 aromatic heterocycles. The molecular formula is C10H30O4SiTi. The van der Waals surface area contributed by atoms with E-state index in [4.69, 9.17) is 5.11 Å². The normalized spacial score (nSPS) is 9.75. The van der Waals surface area contributed by atoms with Gasteiger partial charge in [0.2, 0.25) is 0 Å². The van der Waals surface area contributed by atoms with E-state index in [9.17, 15) is 4.80 Å². The van der Waals surface area contributed by atoms with E-state index in [1.165, 1.54) is 0 Å². The number of rotatable bonds is 3. The molecule has 0 aliphatic heterocycles. The van der Waals surface area contributed by atoms with Gasteiger partial charge in [-0.3, -0.25) is 0 Å². The maximum Gasteiger partial charge on any atom is 0.196 e. The molecule has 102 valence electrons. The van der Waals surface area contributed by atoms with Crippen LogP contribution in [0.1, 0.15) is 41.5 Å². The van der Waals surface area contributed by atoms with Crippen LogP contribution in [0, 0.1) is 0 Å². The molecule has 0 bridgehead atoms. The SMILES string of the molecule is CC(C)[Si](O)(C(C)C)C(C)C.CO.O.O.[Ti]. The molecule has 0 saturated heterocycles. The summed E-state index contributed by atoms with van der Waals surface area (Å²) in [5.41, 5.74) is 1.42. The van der Waals surface area contributed by atoms with E-state index in [2.05, 4.69) is 41.5 Å². The van der Waals surface area contributed by atoms with Gasteiger partial charge < -0.3 is 20.9 Å². The Labute approximate surface area is 116 Å². The summed E-state index contributed by atoms with van der Waals surface area (Å²) in [6.45, 7) is 12.9. The molecule has 0 rings (SSSR count). The summed E-state index contributed by atoms with van der Waals surface area (Å²) in [7, 11) is -0.981. The van der Waals surface area contributed by atoms with Gasteiger partial charge in [0.05, 0.1) is 0 Å². The predicted octanol–water partition coefficient (Wildman–Crippen LogP) is 1.11. The Morgan fingerprint density at radius 1 is 0.688 bits per heavy atom. The van der Waals surface area contributed by atoms with Gasteiger partial charge in [-0.2, -0.15) is 0 Å². The monoisotopic (exact) mass is 290 g/mol. The Morgan fingerprint density at radius 2 is 0.812 bits per heavy atom. The molecule has 0 saturated carbocycles. The van der Waals surface area contributed by atoms with Crippen LogP contribution < -0.4 is 0 Å². The van der Waals surface area contributed by atoms with E-state index < -0.39 is 8.32 Å². The molecule has 0 atom stereocenters. The second-order valence-corrected chi connectivity index (χ2v) is 9.59. The van der Waals surface area contributed by atoms with E-state index in [0.29, 0.717) is 16.6 Å². The van der Waals surface area contributed by atoms with Gasteiger partial charge in [-0.25, -0.2) is 0 Å². The van der Waals surface area contributed by atoms with Gasteiger partial charge in [-0.1, -0.05) is 41.5 Å². The Bertz CT molecular complexity index is 110. The summed E-state index contributed by atoms with van der Waals surface area (Å²) >= 11 is 0. The fraction of sp³-hybridized carbons (Fsp3) is 1.00. The van der Waals surface area contributed by atoms with Crippen molar-refractivity contribution in [3.8, 4) is 0 Å². The second kappa shape index (κ2) is 13.8. The molecule has 4 nitrogen and oxygen atoms in total. The molecule has 0 aromatic rings. The standard InChI is InChI=1S/C9H22OSi.CH4O.2H2O.Ti/c1-7(2)11(10,8(3)4)9(5)6;1-2;;;/h7-10H,1-6H3;2H,1H3;2*1H2;. The van der Waals surface area contributed by atoms with Crippen molar-refractivity contribution in [3.63, 3.8) is 0 Å². The third kappa shape index (κ3) is 7.95. The summed E-state index contributed by atoms with van der Waals surface area (Å²) in [6, 6.07) is 0. The topological polar surface area (TPSA) is 103 Å². The van der Waals surface area contributed by atoms with Crippen LogP contribution in [-0.4, -0.2) is 36.3 Å². The maximum atomic E-state index is 10.4. The fourth-order valence-corrected chi connectivity index (χ4v) is 6.00. The first kappa shape index (κ1) is 30.1. The predicted molar refractivity (Wildman–Crippen MR) is 68.6 cm³/mol. The molecule has 0 spiro atoms. The summed E-state index contributed by atoms with van der Waals surface area (Å²) in [4.78, 5) is 10.4. The molecule has 0 amide bonds.